The van der Waals surface area contributed by atoms with E-state index in [4.69, 9.17) is 9.41 Å². The average molecular weight is 320 g/mol. The summed E-state index contributed by atoms with van der Waals surface area (Å²) >= 11 is 0. The molecule has 5 nitrogen and oxygen atoms in total. The number of aliphatic imine (C=N–C) groups is 1. The van der Waals surface area contributed by atoms with E-state index >= 15 is 0 Å². The van der Waals surface area contributed by atoms with E-state index < -0.39 is 0 Å². The van der Waals surface area contributed by atoms with Crippen molar-refractivity contribution >= 4 is 5.96 Å². The maximum absolute atomic E-state index is 5.39. The summed E-state index contributed by atoms with van der Waals surface area (Å²) in [4.78, 5) is 9.71. The van der Waals surface area contributed by atoms with Crippen LogP contribution in [-0.2, 0) is 6.42 Å². The zero-order valence-electron chi connectivity index (χ0n) is 14.9. The van der Waals surface area contributed by atoms with Crippen molar-refractivity contribution in [2.75, 3.05) is 45.8 Å². The highest BCUT2D eigenvalue weighted by Crippen LogP contribution is 2.06. The fraction of sp³-hybridized carbons (Fsp3) is 0.722. The molecule has 23 heavy (non-hydrogen) atoms. The number of hydrogen-bond acceptors (Lipinski definition) is 3. The molecule has 1 aromatic heterocycles. The molecule has 1 N–H and O–H groups in total. The van der Waals surface area contributed by atoms with Crippen molar-refractivity contribution in [1.82, 2.24) is 15.1 Å². The van der Waals surface area contributed by atoms with Crippen LogP contribution in [-0.4, -0.2) is 61.6 Å². The monoisotopic (exact) mass is 320 g/mol. The lowest BCUT2D eigenvalue weighted by Crippen LogP contribution is -2.53. The molecule has 0 bridgehead atoms. The minimum atomic E-state index is 0.737. The van der Waals surface area contributed by atoms with Gasteiger partial charge in [0.1, 0.15) is 5.76 Å². The van der Waals surface area contributed by atoms with E-state index in [2.05, 4.69) is 35.9 Å². The van der Waals surface area contributed by atoms with E-state index in [0.29, 0.717) is 0 Å². The second-order valence-electron chi connectivity index (χ2n) is 6.64. The second kappa shape index (κ2) is 9.60. The molecule has 1 aliphatic heterocycles. The minimum Gasteiger partial charge on any atom is -0.469 e. The van der Waals surface area contributed by atoms with Crippen molar-refractivity contribution in [3.63, 3.8) is 0 Å². The first-order valence-electron chi connectivity index (χ1n) is 8.97. The molecule has 0 atom stereocenters. The maximum atomic E-state index is 5.39. The number of nitrogens with zero attached hydrogens (tertiary/aromatic N) is 3. The first-order chi connectivity index (χ1) is 11.2. The predicted octanol–water partition coefficient (Wildman–Crippen LogP) is 2.45. The third-order valence-corrected chi connectivity index (χ3v) is 4.01. The topological polar surface area (TPSA) is 44.0 Å². The molecule has 0 aliphatic carbocycles. The third kappa shape index (κ3) is 6.26. The van der Waals surface area contributed by atoms with Crippen LogP contribution in [0.25, 0.3) is 0 Å². The number of guanidine groups is 1. The van der Waals surface area contributed by atoms with Gasteiger partial charge in [-0.1, -0.05) is 20.8 Å². The molecule has 1 aliphatic rings. The van der Waals surface area contributed by atoms with Crippen molar-refractivity contribution < 1.29 is 4.42 Å². The van der Waals surface area contributed by atoms with Gasteiger partial charge in [0.15, 0.2) is 5.96 Å². The van der Waals surface area contributed by atoms with Crippen LogP contribution in [0.1, 0.15) is 33.0 Å². The zero-order valence-corrected chi connectivity index (χ0v) is 14.9. The molecule has 0 radical (unpaired) electrons. The molecule has 0 amide bonds. The first kappa shape index (κ1) is 17.9. The molecule has 1 aromatic rings. The Labute approximate surface area is 140 Å². The quantitative estimate of drug-likeness (QED) is 0.619. The lowest BCUT2D eigenvalue weighted by atomic mass is 10.2. The number of nitrogens with one attached hydrogen (secondary N) is 1. The normalized spacial score (nSPS) is 17.0. The Balaban J connectivity index is 1.81. The van der Waals surface area contributed by atoms with Gasteiger partial charge < -0.3 is 14.6 Å². The number of rotatable bonds is 7. The van der Waals surface area contributed by atoms with Crippen LogP contribution in [0.3, 0.4) is 0 Å². The highest BCUT2D eigenvalue weighted by molar-refractivity contribution is 5.80. The predicted molar refractivity (Wildman–Crippen MR) is 95.9 cm³/mol. The Bertz CT molecular complexity index is 448. The van der Waals surface area contributed by atoms with Crippen LogP contribution in [0, 0.1) is 5.92 Å². The minimum absolute atomic E-state index is 0.737. The van der Waals surface area contributed by atoms with Crippen molar-refractivity contribution in [3.05, 3.63) is 24.2 Å². The van der Waals surface area contributed by atoms with Gasteiger partial charge in [0.25, 0.3) is 0 Å². The third-order valence-electron chi connectivity index (χ3n) is 4.01. The van der Waals surface area contributed by atoms with Crippen molar-refractivity contribution in [2.45, 2.75) is 33.6 Å². The molecule has 2 rings (SSSR count). The van der Waals surface area contributed by atoms with E-state index in [1.54, 1.807) is 6.26 Å². The van der Waals surface area contributed by atoms with Gasteiger partial charge in [0.05, 0.1) is 6.26 Å². The summed E-state index contributed by atoms with van der Waals surface area (Å²) in [6.07, 6.45) is 3.71. The Morgan fingerprint density at radius 2 is 2.09 bits per heavy atom. The summed E-state index contributed by atoms with van der Waals surface area (Å²) < 4.78 is 5.39. The van der Waals surface area contributed by atoms with Gasteiger partial charge in [0.2, 0.25) is 0 Å². The van der Waals surface area contributed by atoms with Crippen LogP contribution in [0.4, 0.5) is 0 Å². The van der Waals surface area contributed by atoms with Crippen LogP contribution in [0.15, 0.2) is 27.8 Å². The molecule has 0 aromatic carbocycles. The molecular formula is C18H32N4O. The van der Waals surface area contributed by atoms with E-state index in [1.807, 2.05) is 12.1 Å². The summed E-state index contributed by atoms with van der Waals surface area (Å²) in [5.41, 5.74) is 0. The van der Waals surface area contributed by atoms with Crippen LogP contribution >= 0.6 is 0 Å². The van der Waals surface area contributed by atoms with E-state index in [-0.39, 0.29) is 0 Å². The standard InChI is InChI=1S/C18H32N4O/c1-4-8-19-18(20-9-7-17-6-5-14-23-17)22-12-10-21(11-13-22)15-16(2)3/h5-6,14,16H,4,7-13,15H2,1-3H3,(H,19,20). The van der Waals surface area contributed by atoms with Crippen molar-refractivity contribution in [3.8, 4) is 0 Å². The Morgan fingerprint density at radius 1 is 1.30 bits per heavy atom. The molecule has 0 saturated carbocycles. The molecule has 2 heterocycles. The van der Waals surface area contributed by atoms with Gasteiger partial charge in [-0.2, -0.15) is 0 Å². The SMILES string of the molecule is CCCN=C(NCCc1ccco1)N1CCN(CC(C)C)CC1. The van der Waals surface area contributed by atoms with Gasteiger partial charge in [0, 0.05) is 52.2 Å². The Hall–Kier alpha value is -1.49. The summed E-state index contributed by atoms with van der Waals surface area (Å²) in [7, 11) is 0. The van der Waals surface area contributed by atoms with Crippen LogP contribution < -0.4 is 5.32 Å². The largest absolute Gasteiger partial charge is 0.469 e. The lowest BCUT2D eigenvalue weighted by molar-refractivity contribution is 0.164. The van der Waals surface area contributed by atoms with Crippen molar-refractivity contribution in [1.29, 1.82) is 0 Å². The number of piperazine rings is 1. The van der Waals surface area contributed by atoms with Gasteiger partial charge in [-0.3, -0.25) is 9.89 Å². The summed E-state index contributed by atoms with van der Waals surface area (Å²) in [6.45, 7) is 14.1. The van der Waals surface area contributed by atoms with Crippen LogP contribution in [0.2, 0.25) is 0 Å². The smallest absolute Gasteiger partial charge is 0.194 e. The first-order valence-corrected chi connectivity index (χ1v) is 8.97. The van der Waals surface area contributed by atoms with E-state index in [1.165, 1.54) is 6.54 Å². The molecule has 5 heteroatoms. The van der Waals surface area contributed by atoms with Gasteiger partial charge in [-0.05, 0) is 24.5 Å². The van der Waals surface area contributed by atoms with Crippen LogP contribution in [0.5, 0.6) is 0 Å². The highest BCUT2D eigenvalue weighted by atomic mass is 16.3. The molecule has 1 fully saturated rings. The highest BCUT2D eigenvalue weighted by Gasteiger charge is 2.20. The molecular weight excluding hydrogens is 288 g/mol. The van der Waals surface area contributed by atoms with Gasteiger partial charge >= 0.3 is 0 Å². The average Bonchev–Trinajstić information content (AvgIpc) is 3.04. The van der Waals surface area contributed by atoms with E-state index in [0.717, 1.165) is 69.7 Å². The molecule has 130 valence electrons. The molecule has 0 unspecified atom stereocenters. The Kier molecular flexibility index (Phi) is 7.46. The zero-order chi connectivity index (χ0) is 16.5. The molecule has 0 spiro atoms. The summed E-state index contributed by atoms with van der Waals surface area (Å²) in [6, 6.07) is 3.96. The van der Waals surface area contributed by atoms with Crippen molar-refractivity contribution in [2.24, 2.45) is 10.9 Å². The second-order valence-corrected chi connectivity index (χ2v) is 6.64. The summed E-state index contributed by atoms with van der Waals surface area (Å²) in [5.74, 6) is 2.82. The summed E-state index contributed by atoms with van der Waals surface area (Å²) in [5, 5.41) is 3.52. The lowest BCUT2D eigenvalue weighted by Gasteiger charge is -2.37. The van der Waals surface area contributed by atoms with Gasteiger partial charge in [-0.25, -0.2) is 0 Å². The fourth-order valence-electron chi connectivity index (χ4n) is 2.90. The Morgan fingerprint density at radius 3 is 2.70 bits per heavy atom. The molecule has 1 saturated heterocycles. The van der Waals surface area contributed by atoms with E-state index in [9.17, 15) is 0 Å². The maximum Gasteiger partial charge on any atom is 0.194 e. The number of furan rings is 1. The van der Waals surface area contributed by atoms with Gasteiger partial charge in [-0.15, -0.1) is 0 Å². The fourth-order valence-corrected chi connectivity index (χ4v) is 2.90. The number of hydrogen-bond donors (Lipinski definition) is 1.